The summed E-state index contributed by atoms with van der Waals surface area (Å²) in [5, 5.41) is 4.63. The van der Waals surface area contributed by atoms with Crippen LogP contribution in [0.25, 0.3) is 0 Å². The lowest BCUT2D eigenvalue weighted by Gasteiger charge is -2.20. The van der Waals surface area contributed by atoms with Crippen LogP contribution in [-0.2, 0) is 16.1 Å². The Labute approximate surface area is 176 Å². The molecule has 8 heteroatoms. The summed E-state index contributed by atoms with van der Waals surface area (Å²) in [6, 6.07) is 16.3. The number of thiophene rings is 1. The molecule has 3 aromatic rings. The van der Waals surface area contributed by atoms with E-state index in [9.17, 15) is 18.8 Å². The lowest BCUT2D eigenvalue weighted by molar-refractivity contribution is -0.124. The number of carbonyl (C=O) groups excluding carboxylic acids is 3. The zero-order chi connectivity index (χ0) is 21.1. The summed E-state index contributed by atoms with van der Waals surface area (Å²) in [7, 11) is 0. The summed E-state index contributed by atoms with van der Waals surface area (Å²) >= 11 is 1.46. The highest BCUT2D eigenvalue weighted by Crippen LogP contribution is 2.29. The number of rotatable bonds is 6. The Morgan fingerprint density at radius 3 is 2.40 bits per heavy atom. The summed E-state index contributed by atoms with van der Waals surface area (Å²) < 4.78 is 13.3. The van der Waals surface area contributed by atoms with Gasteiger partial charge in [-0.05, 0) is 47.8 Å². The maximum atomic E-state index is 13.3. The Kier molecular flexibility index (Phi) is 5.58. The summed E-state index contributed by atoms with van der Waals surface area (Å²) in [4.78, 5) is 42.1. The molecule has 1 fully saturated rings. The zero-order valence-corrected chi connectivity index (χ0v) is 16.6. The lowest BCUT2D eigenvalue weighted by Crippen LogP contribution is -2.37. The quantitative estimate of drug-likeness (QED) is 0.603. The van der Waals surface area contributed by atoms with Crippen LogP contribution in [0.5, 0.6) is 0 Å². The van der Waals surface area contributed by atoms with Gasteiger partial charge in [0.15, 0.2) is 0 Å². The van der Waals surface area contributed by atoms with Crippen molar-refractivity contribution >= 4 is 40.6 Å². The number of benzene rings is 2. The molecule has 1 unspecified atom stereocenters. The topological polar surface area (TPSA) is 69.7 Å². The van der Waals surface area contributed by atoms with Crippen LogP contribution in [-0.4, -0.2) is 28.8 Å². The van der Waals surface area contributed by atoms with Crippen molar-refractivity contribution in [1.29, 1.82) is 0 Å². The van der Waals surface area contributed by atoms with Gasteiger partial charge in [0.25, 0.3) is 5.91 Å². The first-order chi connectivity index (χ1) is 14.5. The van der Waals surface area contributed by atoms with Crippen molar-refractivity contribution < 1.29 is 18.8 Å². The number of hydrogen-bond donors (Lipinski definition) is 1. The van der Waals surface area contributed by atoms with Crippen LogP contribution in [0, 0.1) is 5.82 Å². The number of amides is 4. The van der Waals surface area contributed by atoms with E-state index in [1.54, 1.807) is 24.3 Å². The van der Waals surface area contributed by atoms with Crippen LogP contribution in [0.15, 0.2) is 72.1 Å². The third-order valence-electron chi connectivity index (χ3n) is 4.75. The smallest absolute Gasteiger partial charge is 0.326 e. The van der Waals surface area contributed by atoms with E-state index < -0.39 is 23.8 Å². The number of imide groups is 1. The molecule has 4 amide bonds. The number of hydrogen-bond acceptors (Lipinski definition) is 4. The Morgan fingerprint density at radius 1 is 1.00 bits per heavy atom. The molecule has 2 aromatic carbocycles. The minimum Gasteiger partial charge on any atom is -0.326 e. The van der Waals surface area contributed by atoms with E-state index in [2.05, 4.69) is 5.32 Å². The molecule has 1 aromatic heterocycles. The average Bonchev–Trinajstić information content (AvgIpc) is 3.33. The van der Waals surface area contributed by atoms with Gasteiger partial charge in [-0.3, -0.25) is 9.59 Å². The van der Waals surface area contributed by atoms with Gasteiger partial charge in [-0.15, -0.1) is 11.3 Å². The summed E-state index contributed by atoms with van der Waals surface area (Å²) in [5.41, 5.74) is 0.882. The highest BCUT2D eigenvalue weighted by Gasteiger charge is 2.46. The molecule has 1 saturated heterocycles. The third-order valence-corrected chi connectivity index (χ3v) is 5.61. The Bertz CT molecular complexity index is 1060. The summed E-state index contributed by atoms with van der Waals surface area (Å²) in [6.07, 6.45) is -0.178. The second-order valence-electron chi connectivity index (χ2n) is 6.77. The zero-order valence-electron chi connectivity index (χ0n) is 15.8. The van der Waals surface area contributed by atoms with Gasteiger partial charge < -0.3 is 10.2 Å². The van der Waals surface area contributed by atoms with Gasteiger partial charge in [-0.2, -0.15) is 0 Å². The number of nitrogens with zero attached hydrogens (tertiary/aromatic N) is 2. The molecule has 1 N–H and O–H groups in total. The van der Waals surface area contributed by atoms with Gasteiger partial charge in [-0.1, -0.05) is 24.3 Å². The molecule has 4 rings (SSSR count). The summed E-state index contributed by atoms with van der Waals surface area (Å²) in [6.45, 7) is 0.212. The van der Waals surface area contributed by atoms with E-state index in [1.165, 1.54) is 40.5 Å². The van der Waals surface area contributed by atoms with Crippen LogP contribution in [0.2, 0.25) is 0 Å². The Hall–Kier alpha value is -3.52. The molecule has 0 bridgehead atoms. The van der Waals surface area contributed by atoms with Gasteiger partial charge in [-0.25, -0.2) is 14.1 Å². The van der Waals surface area contributed by atoms with E-state index in [-0.39, 0.29) is 24.6 Å². The number of carbonyl (C=O) groups is 3. The first-order valence-electron chi connectivity index (χ1n) is 9.30. The van der Waals surface area contributed by atoms with Crippen LogP contribution >= 0.6 is 11.3 Å². The highest BCUT2D eigenvalue weighted by molar-refractivity contribution is 7.09. The minimum atomic E-state index is -0.951. The van der Waals surface area contributed by atoms with Crippen LogP contribution < -0.4 is 10.2 Å². The van der Waals surface area contributed by atoms with E-state index in [1.807, 2.05) is 23.6 Å². The molecule has 1 aliphatic rings. The molecule has 1 aliphatic heterocycles. The number of para-hydroxylation sites is 1. The van der Waals surface area contributed by atoms with E-state index in [0.717, 1.165) is 9.78 Å². The fourth-order valence-electron chi connectivity index (χ4n) is 3.32. The van der Waals surface area contributed by atoms with Gasteiger partial charge >= 0.3 is 6.03 Å². The molecule has 152 valence electrons. The fourth-order valence-corrected chi connectivity index (χ4v) is 4.02. The van der Waals surface area contributed by atoms with Gasteiger partial charge in [0.2, 0.25) is 5.91 Å². The van der Waals surface area contributed by atoms with Crippen LogP contribution in [0.3, 0.4) is 0 Å². The van der Waals surface area contributed by atoms with E-state index in [4.69, 9.17) is 0 Å². The second kappa shape index (κ2) is 8.46. The molecule has 0 radical (unpaired) electrons. The molecular weight excluding hydrogens is 405 g/mol. The maximum absolute atomic E-state index is 13.3. The largest absolute Gasteiger partial charge is 0.332 e. The van der Waals surface area contributed by atoms with Crippen molar-refractivity contribution in [2.45, 2.75) is 19.0 Å². The van der Waals surface area contributed by atoms with Crippen molar-refractivity contribution in [3.05, 3.63) is 82.8 Å². The molecule has 1 atom stereocenters. The predicted molar refractivity (Wildman–Crippen MR) is 113 cm³/mol. The minimum absolute atomic E-state index is 0.178. The number of nitrogens with one attached hydrogen (secondary N) is 1. The molecule has 6 nitrogen and oxygen atoms in total. The first-order valence-corrected chi connectivity index (χ1v) is 10.2. The maximum Gasteiger partial charge on any atom is 0.332 e. The monoisotopic (exact) mass is 423 g/mol. The second-order valence-corrected chi connectivity index (χ2v) is 7.81. The number of anilines is 2. The molecule has 0 aliphatic carbocycles. The van der Waals surface area contributed by atoms with Gasteiger partial charge in [0.05, 0.1) is 18.7 Å². The summed E-state index contributed by atoms with van der Waals surface area (Å²) in [5.74, 6) is -1.34. The molecular formula is C22H18FN3O3S. The van der Waals surface area contributed by atoms with Crippen LogP contribution in [0.4, 0.5) is 20.6 Å². The standard InChI is InChI=1S/C22H18FN3O3S/c23-15-8-10-17(11-9-15)26-21(28)19(13-20(27)24-16-5-2-1-3-6-16)25(22(26)29)14-18-7-4-12-30-18/h1-12,19H,13-14H2,(H,24,27). The Balaban J connectivity index is 1.59. The third kappa shape index (κ3) is 4.08. The van der Waals surface area contributed by atoms with Crippen molar-refractivity contribution in [3.63, 3.8) is 0 Å². The number of halogens is 1. The molecule has 2 heterocycles. The van der Waals surface area contributed by atoms with Gasteiger partial charge in [0, 0.05) is 10.6 Å². The molecule has 0 spiro atoms. The van der Waals surface area contributed by atoms with Gasteiger partial charge in [0.1, 0.15) is 11.9 Å². The molecule has 30 heavy (non-hydrogen) atoms. The molecule has 0 saturated carbocycles. The average molecular weight is 423 g/mol. The fraction of sp³-hybridized carbons (Fsp3) is 0.136. The van der Waals surface area contributed by atoms with Crippen molar-refractivity contribution in [2.75, 3.05) is 10.2 Å². The van der Waals surface area contributed by atoms with Crippen molar-refractivity contribution in [3.8, 4) is 0 Å². The van der Waals surface area contributed by atoms with Crippen LogP contribution in [0.1, 0.15) is 11.3 Å². The Morgan fingerprint density at radius 2 is 1.73 bits per heavy atom. The number of urea groups is 1. The first kappa shape index (κ1) is 19.8. The predicted octanol–water partition coefficient (Wildman–Crippen LogP) is 4.25. The lowest BCUT2D eigenvalue weighted by atomic mass is 10.1. The van der Waals surface area contributed by atoms with Crippen molar-refractivity contribution in [2.24, 2.45) is 0 Å². The van der Waals surface area contributed by atoms with Crippen molar-refractivity contribution in [1.82, 2.24) is 4.90 Å². The van der Waals surface area contributed by atoms with E-state index in [0.29, 0.717) is 5.69 Å². The normalized spacial score (nSPS) is 16.2. The highest BCUT2D eigenvalue weighted by atomic mass is 32.1. The van der Waals surface area contributed by atoms with E-state index >= 15 is 0 Å². The SMILES string of the molecule is O=C(CC1C(=O)N(c2ccc(F)cc2)C(=O)N1Cc1cccs1)Nc1ccccc1.